The van der Waals surface area contributed by atoms with Gasteiger partial charge in [-0.1, -0.05) is 122 Å². The van der Waals surface area contributed by atoms with E-state index in [0.29, 0.717) is 12.3 Å². The molecule has 8 N–H and O–H groups in total. The Morgan fingerprint density at radius 2 is 0.931 bits per heavy atom. The molecule has 0 saturated carbocycles. The number of carbonyl (C=O) groups excluding carboxylic acids is 9. The van der Waals surface area contributed by atoms with E-state index in [1.807, 2.05) is 41.5 Å². The average Bonchev–Trinajstić information content (AvgIpc) is 3.26. The second-order valence-electron chi connectivity index (χ2n) is 21.8. The first-order valence-corrected chi connectivity index (χ1v) is 26.3. The fourth-order valence-electron chi connectivity index (χ4n) is 8.26. The Balaban J connectivity index is 3.97. The van der Waals surface area contributed by atoms with E-state index in [4.69, 9.17) is 9.47 Å². The van der Waals surface area contributed by atoms with Crippen LogP contribution in [0.2, 0.25) is 0 Å². The molecule has 2 unspecified atom stereocenters. The van der Waals surface area contributed by atoms with Crippen LogP contribution in [-0.4, -0.2) is 120 Å². The molecule has 1 rings (SSSR count). The number of carboxylic acids is 1. The number of amides is 7. The molecule has 72 heavy (non-hydrogen) atoms. The lowest BCUT2D eigenvalue weighted by atomic mass is 9.98. The first-order chi connectivity index (χ1) is 33.6. The van der Waals surface area contributed by atoms with Crippen molar-refractivity contribution in [2.45, 2.75) is 228 Å². The molecule has 0 radical (unpaired) electrons. The van der Waals surface area contributed by atoms with Crippen LogP contribution in [0.5, 0.6) is 0 Å². The van der Waals surface area contributed by atoms with E-state index in [2.05, 4.69) is 51.1 Å². The molecule has 412 valence electrons. The van der Waals surface area contributed by atoms with Crippen molar-refractivity contribution in [2.75, 3.05) is 7.11 Å². The van der Waals surface area contributed by atoms with Gasteiger partial charge in [0.25, 0.3) is 0 Å². The Morgan fingerprint density at radius 3 is 1.38 bits per heavy atom. The van der Waals surface area contributed by atoms with Crippen molar-refractivity contribution in [1.29, 1.82) is 0 Å². The summed E-state index contributed by atoms with van der Waals surface area (Å²) in [5.41, 5.74) is 0. The molecular formula is C52H91N7O13. The summed E-state index contributed by atoms with van der Waals surface area (Å²) in [7, 11) is 1.10. The minimum Gasteiger partial charge on any atom is -0.481 e. The maximum absolute atomic E-state index is 14.2. The van der Waals surface area contributed by atoms with Crippen molar-refractivity contribution in [3.63, 3.8) is 0 Å². The number of unbranched alkanes of at least 4 members (excludes halogenated alkanes) is 5. The van der Waals surface area contributed by atoms with E-state index in [9.17, 15) is 53.1 Å². The highest BCUT2D eigenvalue weighted by Gasteiger charge is 2.38. The van der Waals surface area contributed by atoms with Crippen molar-refractivity contribution >= 4 is 59.3 Å². The number of aliphatic carboxylic acids is 1. The zero-order valence-corrected chi connectivity index (χ0v) is 45.5. The number of rotatable bonds is 22. The van der Waals surface area contributed by atoms with Crippen molar-refractivity contribution in [2.24, 2.45) is 35.5 Å². The first kappa shape index (κ1) is 64.7. The third-order valence-electron chi connectivity index (χ3n) is 12.3. The van der Waals surface area contributed by atoms with Gasteiger partial charge in [-0.05, 0) is 74.0 Å². The lowest BCUT2D eigenvalue weighted by molar-refractivity contribution is -0.156. The quantitative estimate of drug-likeness (QED) is 0.0554. The largest absolute Gasteiger partial charge is 0.481 e. The lowest BCUT2D eigenvalue weighted by Gasteiger charge is -2.30. The third-order valence-corrected chi connectivity index (χ3v) is 12.3. The summed E-state index contributed by atoms with van der Waals surface area (Å²) < 4.78 is 10.9. The molecule has 0 aliphatic carbocycles. The van der Waals surface area contributed by atoms with Crippen LogP contribution >= 0.6 is 0 Å². The molecule has 1 fully saturated rings. The summed E-state index contributed by atoms with van der Waals surface area (Å²) in [6.07, 6.45) is 4.08. The molecule has 20 heteroatoms. The van der Waals surface area contributed by atoms with Crippen LogP contribution in [0.25, 0.3) is 0 Å². The fraction of sp³-hybridized carbons (Fsp3) is 0.808. The monoisotopic (exact) mass is 1020 g/mol. The predicted octanol–water partition coefficient (Wildman–Crippen LogP) is 4.35. The molecule has 0 aromatic carbocycles. The SMILES string of the molecule is COC(=O)C[C@@H]1NC(=O)[C@H](C(C)C)NC(=O)C(CC(C)C)NC(=O)[C@H](CC(C)C)NC(=O)[C@@H](CCC(=O)O)NC(=O)CC(CCCCCCCCC(C)C)OC(=O)[C@H](C(C)C)NC(=O)[C@@H](CC(C)C)NC1=O. The fourth-order valence-corrected chi connectivity index (χ4v) is 8.26. The maximum atomic E-state index is 14.2. The number of carbonyl (C=O) groups is 10. The normalized spacial score (nSPS) is 24.2. The number of nitrogens with one attached hydrogen (secondary N) is 7. The van der Waals surface area contributed by atoms with Crippen LogP contribution in [0.4, 0.5) is 0 Å². The molecule has 0 spiro atoms. The highest BCUT2D eigenvalue weighted by atomic mass is 16.5. The average molecular weight is 1020 g/mol. The summed E-state index contributed by atoms with van der Waals surface area (Å²) in [5, 5.41) is 28.2. The maximum Gasteiger partial charge on any atom is 0.329 e. The van der Waals surface area contributed by atoms with E-state index in [1.54, 1.807) is 27.7 Å². The smallest absolute Gasteiger partial charge is 0.329 e. The van der Waals surface area contributed by atoms with E-state index >= 15 is 0 Å². The van der Waals surface area contributed by atoms with Crippen LogP contribution in [-0.2, 0) is 57.4 Å². The number of ether oxygens (including phenoxy) is 2. The molecule has 1 aliphatic heterocycles. The number of methoxy groups -OCH3 is 1. The molecule has 1 heterocycles. The van der Waals surface area contributed by atoms with Crippen LogP contribution < -0.4 is 37.2 Å². The Hall–Kier alpha value is -5.30. The summed E-state index contributed by atoms with van der Waals surface area (Å²) >= 11 is 0. The second-order valence-corrected chi connectivity index (χ2v) is 21.8. The van der Waals surface area contributed by atoms with Crippen molar-refractivity contribution in [3.05, 3.63) is 0 Å². The number of hydrogen-bond donors (Lipinski definition) is 8. The standard InChI is InChI=1S/C52H91N7O13/c1-29(2)20-18-16-14-15-17-19-21-35-27-41(60)53-36(22-23-42(61)62)46(64)54-37(24-30(3)4)47(65)55-38(25-31(5)6)49(67)58-44(33(9)10)51(69)57-40(28-43(63)71-13)48(66)56-39(26-32(7)8)50(68)59-45(34(11)12)52(70)72-35/h29-40,44-45H,14-28H2,1-13H3,(H,53,60)(H,54,64)(H,55,65)(H,56,66)(H,57,69)(H,58,67)(H,59,68)(H,61,62)/t35?,36-,37+,38?,39-,40+,44+,45+/m1/s1. The Morgan fingerprint density at radius 1 is 0.514 bits per heavy atom. The molecular weight excluding hydrogens is 931 g/mol. The predicted molar refractivity (Wildman–Crippen MR) is 271 cm³/mol. The minimum atomic E-state index is -1.59. The van der Waals surface area contributed by atoms with Crippen molar-refractivity contribution in [3.8, 4) is 0 Å². The topological polar surface area (TPSA) is 294 Å². The zero-order chi connectivity index (χ0) is 54.8. The molecule has 0 aromatic heterocycles. The molecule has 20 nitrogen and oxygen atoms in total. The molecule has 0 aromatic rings. The summed E-state index contributed by atoms with van der Waals surface area (Å²) in [5.74, 6) is -9.68. The zero-order valence-electron chi connectivity index (χ0n) is 45.5. The number of esters is 2. The molecule has 8 atom stereocenters. The van der Waals surface area contributed by atoms with Crippen LogP contribution in [0, 0.1) is 35.5 Å². The lowest BCUT2D eigenvalue weighted by Crippen LogP contribution is -2.61. The van der Waals surface area contributed by atoms with Gasteiger partial charge in [-0.15, -0.1) is 0 Å². The molecule has 1 saturated heterocycles. The van der Waals surface area contributed by atoms with Crippen molar-refractivity contribution in [1.82, 2.24) is 37.2 Å². The van der Waals surface area contributed by atoms with Gasteiger partial charge >= 0.3 is 17.9 Å². The minimum absolute atomic E-state index is 0.0683. The van der Waals surface area contributed by atoms with Gasteiger partial charge < -0.3 is 51.8 Å². The number of cyclic esters (lactones) is 1. The molecule has 1 aliphatic rings. The van der Waals surface area contributed by atoms with Crippen LogP contribution in [0.1, 0.15) is 179 Å². The van der Waals surface area contributed by atoms with Gasteiger partial charge in [-0.25, -0.2) is 4.79 Å². The van der Waals surface area contributed by atoms with E-state index in [1.165, 1.54) is 0 Å². The van der Waals surface area contributed by atoms with Crippen LogP contribution in [0.3, 0.4) is 0 Å². The van der Waals surface area contributed by atoms with Gasteiger partial charge in [0.05, 0.1) is 20.0 Å². The van der Waals surface area contributed by atoms with Gasteiger partial charge in [-0.2, -0.15) is 0 Å². The highest BCUT2D eigenvalue weighted by Crippen LogP contribution is 2.19. The first-order valence-electron chi connectivity index (χ1n) is 26.3. The third kappa shape index (κ3) is 25.9. The highest BCUT2D eigenvalue weighted by molar-refractivity contribution is 5.98. The Kier molecular flexibility index (Phi) is 30.0. The van der Waals surface area contributed by atoms with E-state index < -0.39 is 139 Å². The van der Waals surface area contributed by atoms with Crippen LogP contribution in [0.15, 0.2) is 0 Å². The van der Waals surface area contributed by atoms with Gasteiger partial charge in [0.2, 0.25) is 41.4 Å². The number of hydrogen-bond acceptors (Lipinski definition) is 12. The molecule has 7 amide bonds. The van der Waals surface area contributed by atoms with E-state index in [-0.39, 0.29) is 49.9 Å². The Labute approximate surface area is 428 Å². The summed E-state index contributed by atoms with van der Waals surface area (Å²) in [6, 6.07) is -9.40. The van der Waals surface area contributed by atoms with Gasteiger partial charge in [0.15, 0.2) is 0 Å². The van der Waals surface area contributed by atoms with Crippen molar-refractivity contribution < 1.29 is 62.5 Å². The van der Waals surface area contributed by atoms with E-state index in [0.717, 1.165) is 45.6 Å². The molecule has 0 bridgehead atoms. The second kappa shape index (κ2) is 33.4. The number of carboxylic acid groups (broad SMARTS) is 1. The Bertz CT molecular complexity index is 1790. The van der Waals surface area contributed by atoms with Gasteiger partial charge in [-0.3, -0.25) is 43.2 Å². The summed E-state index contributed by atoms with van der Waals surface area (Å²) in [4.78, 5) is 137. The van der Waals surface area contributed by atoms with Gasteiger partial charge in [0, 0.05) is 6.42 Å². The summed E-state index contributed by atoms with van der Waals surface area (Å²) in [6.45, 7) is 21.9. The van der Waals surface area contributed by atoms with Gasteiger partial charge in [0.1, 0.15) is 48.4 Å².